The SMILES string of the molecule is Cc1c(C=Nc2ccc(-c3ccccc3)cc2)c(O)n(CCc2ccccc2)c(=O)c1C#N. The number of nitriles is 1. The van der Waals surface area contributed by atoms with Crippen LogP contribution in [0.4, 0.5) is 5.69 Å². The molecule has 0 saturated heterocycles. The number of hydrogen-bond acceptors (Lipinski definition) is 4. The van der Waals surface area contributed by atoms with Gasteiger partial charge >= 0.3 is 0 Å². The first-order valence-electron chi connectivity index (χ1n) is 10.7. The van der Waals surface area contributed by atoms with E-state index in [9.17, 15) is 15.2 Å². The number of aromatic nitrogens is 1. The summed E-state index contributed by atoms with van der Waals surface area (Å²) in [5.74, 6) is -0.183. The van der Waals surface area contributed by atoms with Crippen LogP contribution in [-0.2, 0) is 13.0 Å². The van der Waals surface area contributed by atoms with Gasteiger partial charge in [0.1, 0.15) is 11.6 Å². The average molecular weight is 434 g/mol. The molecule has 3 aromatic carbocycles. The Labute approximate surface area is 192 Å². The fourth-order valence-corrected chi connectivity index (χ4v) is 3.73. The lowest BCUT2D eigenvalue weighted by Gasteiger charge is -2.14. The van der Waals surface area contributed by atoms with E-state index < -0.39 is 5.56 Å². The van der Waals surface area contributed by atoms with Gasteiger partial charge in [-0.2, -0.15) is 5.26 Å². The monoisotopic (exact) mass is 433 g/mol. The summed E-state index contributed by atoms with van der Waals surface area (Å²) in [7, 11) is 0. The molecule has 4 aromatic rings. The van der Waals surface area contributed by atoms with Crippen molar-refractivity contribution in [2.45, 2.75) is 19.9 Å². The Bertz CT molecular complexity index is 1380. The van der Waals surface area contributed by atoms with Gasteiger partial charge in [0, 0.05) is 12.8 Å². The van der Waals surface area contributed by atoms with Gasteiger partial charge in [0.25, 0.3) is 5.56 Å². The summed E-state index contributed by atoms with van der Waals surface area (Å²) < 4.78 is 1.25. The maximum absolute atomic E-state index is 12.8. The van der Waals surface area contributed by atoms with Gasteiger partial charge in [-0.3, -0.25) is 14.4 Å². The second-order valence-corrected chi connectivity index (χ2v) is 7.71. The predicted octanol–water partition coefficient (Wildman–Crippen LogP) is 5.39. The lowest BCUT2D eigenvalue weighted by Crippen LogP contribution is -2.26. The van der Waals surface area contributed by atoms with Crippen molar-refractivity contribution in [2.24, 2.45) is 4.99 Å². The van der Waals surface area contributed by atoms with Crippen molar-refractivity contribution < 1.29 is 5.11 Å². The minimum Gasteiger partial charge on any atom is -0.494 e. The fourth-order valence-electron chi connectivity index (χ4n) is 3.73. The number of aromatic hydroxyl groups is 1. The van der Waals surface area contributed by atoms with E-state index in [1.54, 1.807) is 6.92 Å². The Kier molecular flexibility index (Phi) is 6.47. The first kappa shape index (κ1) is 21.8. The molecular formula is C28H23N3O2. The quantitative estimate of drug-likeness (QED) is 0.414. The second kappa shape index (κ2) is 9.80. The van der Waals surface area contributed by atoms with Crippen molar-refractivity contribution >= 4 is 11.9 Å². The van der Waals surface area contributed by atoms with Crippen LogP contribution in [0, 0.1) is 18.3 Å². The van der Waals surface area contributed by atoms with Crippen molar-refractivity contribution in [3.05, 3.63) is 118 Å². The molecule has 4 rings (SSSR count). The molecule has 33 heavy (non-hydrogen) atoms. The first-order chi connectivity index (χ1) is 16.1. The van der Waals surface area contributed by atoms with Gasteiger partial charge in [0.05, 0.1) is 11.3 Å². The topological polar surface area (TPSA) is 78.4 Å². The zero-order valence-electron chi connectivity index (χ0n) is 18.3. The summed E-state index contributed by atoms with van der Waals surface area (Å²) in [5.41, 5.74) is 4.24. The molecule has 0 spiro atoms. The van der Waals surface area contributed by atoms with Crippen LogP contribution in [0.25, 0.3) is 11.1 Å². The predicted molar refractivity (Wildman–Crippen MR) is 131 cm³/mol. The molecule has 0 aliphatic heterocycles. The first-order valence-corrected chi connectivity index (χ1v) is 10.7. The van der Waals surface area contributed by atoms with Gasteiger partial charge in [0.2, 0.25) is 5.88 Å². The number of benzene rings is 3. The van der Waals surface area contributed by atoms with Gasteiger partial charge in [-0.25, -0.2) is 0 Å². The molecule has 0 fully saturated rings. The van der Waals surface area contributed by atoms with Crippen LogP contribution in [0.15, 0.2) is 94.7 Å². The number of rotatable bonds is 6. The zero-order chi connectivity index (χ0) is 23.2. The molecule has 0 amide bonds. The Morgan fingerprint density at radius 3 is 2.18 bits per heavy atom. The van der Waals surface area contributed by atoms with Crippen LogP contribution in [0.2, 0.25) is 0 Å². The van der Waals surface area contributed by atoms with Crippen molar-refractivity contribution in [1.29, 1.82) is 5.26 Å². The lowest BCUT2D eigenvalue weighted by atomic mass is 10.0. The third-order valence-electron chi connectivity index (χ3n) is 5.63. The van der Waals surface area contributed by atoms with Crippen LogP contribution in [0.3, 0.4) is 0 Å². The fraction of sp³-hybridized carbons (Fsp3) is 0.107. The van der Waals surface area contributed by atoms with Crippen LogP contribution < -0.4 is 5.56 Å². The second-order valence-electron chi connectivity index (χ2n) is 7.71. The standard InChI is InChI=1S/C28H23N3O2/c1-20-25(18-29)27(32)31(17-16-21-8-4-2-5-9-21)28(33)26(20)19-30-24-14-12-23(13-15-24)22-10-6-3-7-11-22/h2-15,19,33H,16-17H2,1H3. The molecule has 1 N–H and O–H groups in total. The van der Waals surface area contributed by atoms with Crippen LogP contribution in [0.5, 0.6) is 5.88 Å². The summed E-state index contributed by atoms with van der Waals surface area (Å²) in [5, 5.41) is 20.4. The molecule has 162 valence electrons. The molecule has 0 radical (unpaired) electrons. The summed E-state index contributed by atoms with van der Waals surface area (Å²) >= 11 is 0. The summed E-state index contributed by atoms with van der Waals surface area (Å²) in [6.45, 7) is 1.91. The maximum atomic E-state index is 12.8. The molecule has 1 heterocycles. The maximum Gasteiger partial charge on any atom is 0.271 e. The van der Waals surface area contributed by atoms with Crippen LogP contribution >= 0.6 is 0 Å². The van der Waals surface area contributed by atoms with E-state index in [-0.39, 0.29) is 18.0 Å². The number of nitrogens with zero attached hydrogens (tertiary/aromatic N) is 3. The Balaban J connectivity index is 1.65. The minimum absolute atomic E-state index is 0.0155. The van der Waals surface area contributed by atoms with E-state index in [1.807, 2.05) is 91.0 Å². The highest BCUT2D eigenvalue weighted by Crippen LogP contribution is 2.24. The number of pyridine rings is 1. The van der Waals surface area contributed by atoms with Gasteiger partial charge in [-0.1, -0.05) is 72.8 Å². The molecule has 0 atom stereocenters. The third kappa shape index (κ3) is 4.76. The molecule has 1 aromatic heterocycles. The Morgan fingerprint density at radius 2 is 1.55 bits per heavy atom. The lowest BCUT2D eigenvalue weighted by molar-refractivity contribution is 0.404. The van der Waals surface area contributed by atoms with E-state index in [0.717, 1.165) is 16.7 Å². The summed E-state index contributed by atoms with van der Waals surface area (Å²) in [4.78, 5) is 17.3. The van der Waals surface area contributed by atoms with E-state index in [2.05, 4.69) is 4.99 Å². The molecule has 0 aliphatic rings. The summed E-state index contributed by atoms with van der Waals surface area (Å²) in [6.07, 6.45) is 2.07. The smallest absolute Gasteiger partial charge is 0.271 e. The Morgan fingerprint density at radius 1 is 0.939 bits per heavy atom. The van der Waals surface area contributed by atoms with Crippen LogP contribution in [-0.4, -0.2) is 15.9 Å². The van der Waals surface area contributed by atoms with Crippen molar-refractivity contribution in [3.63, 3.8) is 0 Å². The highest BCUT2D eigenvalue weighted by atomic mass is 16.3. The number of hydrogen-bond donors (Lipinski definition) is 1. The van der Waals surface area contributed by atoms with Crippen molar-refractivity contribution in [2.75, 3.05) is 0 Å². The average Bonchev–Trinajstić information content (AvgIpc) is 2.86. The molecule has 0 unspecified atom stereocenters. The molecule has 0 saturated carbocycles. The molecule has 5 nitrogen and oxygen atoms in total. The Hall–Kier alpha value is -4.43. The highest BCUT2D eigenvalue weighted by molar-refractivity contribution is 5.87. The van der Waals surface area contributed by atoms with Crippen molar-refractivity contribution in [3.8, 4) is 23.1 Å². The number of aryl methyl sites for hydroxylation is 1. The van der Waals surface area contributed by atoms with Crippen LogP contribution in [0.1, 0.15) is 22.3 Å². The minimum atomic E-state index is -0.493. The van der Waals surface area contributed by atoms with Gasteiger partial charge in [0.15, 0.2) is 0 Å². The molecule has 5 heteroatoms. The molecule has 0 bridgehead atoms. The van der Waals surface area contributed by atoms with E-state index in [4.69, 9.17) is 0 Å². The summed E-state index contributed by atoms with van der Waals surface area (Å²) in [6, 6.07) is 29.5. The van der Waals surface area contributed by atoms with Crippen molar-refractivity contribution in [1.82, 2.24) is 4.57 Å². The highest BCUT2D eigenvalue weighted by Gasteiger charge is 2.18. The normalized spacial score (nSPS) is 10.9. The number of aliphatic imine (C=N–C) groups is 1. The third-order valence-corrected chi connectivity index (χ3v) is 5.63. The van der Waals surface area contributed by atoms with E-state index in [0.29, 0.717) is 23.2 Å². The van der Waals surface area contributed by atoms with E-state index >= 15 is 0 Å². The molecular weight excluding hydrogens is 410 g/mol. The largest absolute Gasteiger partial charge is 0.494 e. The molecule has 0 aliphatic carbocycles. The van der Waals surface area contributed by atoms with Gasteiger partial charge in [-0.05, 0) is 47.7 Å². The van der Waals surface area contributed by atoms with E-state index in [1.165, 1.54) is 10.8 Å². The zero-order valence-corrected chi connectivity index (χ0v) is 18.3. The van der Waals surface area contributed by atoms with Gasteiger partial charge in [-0.15, -0.1) is 0 Å². The van der Waals surface area contributed by atoms with Gasteiger partial charge < -0.3 is 5.11 Å².